The van der Waals surface area contributed by atoms with Crippen molar-refractivity contribution in [3.05, 3.63) is 88.6 Å². The van der Waals surface area contributed by atoms with E-state index in [9.17, 15) is 9.18 Å². The van der Waals surface area contributed by atoms with Crippen molar-refractivity contribution >= 4 is 40.6 Å². The average molecular weight is 531 g/mol. The van der Waals surface area contributed by atoms with E-state index in [1.165, 1.54) is 19.2 Å². The summed E-state index contributed by atoms with van der Waals surface area (Å²) in [4.78, 5) is 12.1. The highest BCUT2D eigenvalue weighted by Crippen LogP contribution is 2.36. The molecule has 0 aliphatic carbocycles. The predicted octanol–water partition coefficient (Wildman–Crippen LogP) is 5.33. The van der Waals surface area contributed by atoms with E-state index in [1.807, 2.05) is 36.4 Å². The molecule has 0 saturated heterocycles. The van der Waals surface area contributed by atoms with Crippen LogP contribution in [0.3, 0.4) is 0 Å². The largest absolute Gasteiger partial charge is 0.490 e. The number of esters is 1. The normalized spacial score (nSPS) is 11.8. The van der Waals surface area contributed by atoms with Crippen molar-refractivity contribution in [2.45, 2.75) is 25.8 Å². The van der Waals surface area contributed by atoms with Crippen LogP contribution in [0.5, 0.6) is 5.75 Å². The maximum absolute atomic E-state index is 14.1. The van der Waals surface area contributed by atoms with Crippen LogP contribution in [0.1, 0.15) is 31.1 Å². The zero-order valence-corrected chi connectivity index (χ0v) is 21.8. The molecule has 0 aromatic heterocycles. The van der Waals surface area contributed by atoms with Crippen LogP contribution in [-0.4, -0.2) is 34.6 Å². The Morgan fingerprint density at radius 3 is 1.97 bits per heavy atom. The van der Waals surface area contributed by atoms with Gasteiger partial charge in [-0.25, -0.2) is 9.18 Å². The molecule has 3 aromatic rings. The zero-order valence-electron chi connectivity index (χ0n) is 19.2. The second-order valence-electron chi connectivity index (χ2n) is 8.61. The summed E-state index contributed by atoms with van der Waals surface area (Å²) in [6.07, 6.45) is 0. The van der Waals surface area contributed by atoms with Crippen molar-refractivity contribution in [1.82, 2.24) is 0 Å². The van der Waals surface area contributed by atoms with Crippen LogP contribution in [0.2, 0.25) is 5.04 Å². The third-order valence-electron chi connectivity index (χ3n) is 5.50. The van der Waals surface area contributed by atoms with Gasteiger partial charge in [-0.1, -0.05) is 81.4 Å². The van der Waals surface area contributed by atoms with E-state index in [0.717, 1.165) is 10.4 Å². The summed E-state index contributed by atoms with van der Waals surface area (Å²) in [5.41, 5.74) is 0.149. The van der Waals surface area contributed by atoms with Crippen molar-refractivity contribution in [3.63, 3.8) is 0 Å². The minimum Gasteiger partial charge on any atom is -0.490 e. The lowest BCUT2D eigenvalue weighted by atomic mass is 10.2. The Labute approximate surface area is 204 Å². The van der Waals surface area contributed by atoms with Crippen LogP contribution in [0.15, 0.2) is 77.3 Å². The van der Waals surface area contributed by atoms with Crippen molar-refractivity contribution in [1.29, 1.82) is 0 Å². The standard InChI is InChI=1S/C26H28BrFO4Si/c1-26(2,3)33(19-11-7-5-8-12-19,20-13-9-6-10-14-20)32-16-15-31-24-18-23(28)22(27)17-21(24)25(29)30-4/h5-14,17-18H,15-16H2,1-4H3. The topological polar surface area (TPSA) is 44.8 Å². The highest BCUT2D eigenvalue weighted by Gasteiger charge is 2.50. The van der Waals surface area contributed by atoms with Crippen molar-refractivity contribution in [2.75, 3.05) is 20.3 Å². The maximum Gasteiger partial charge on any atom is 0.341 e. The van der Waals surface area contributed by atoms with E-state index in [-0.39, 0.29) is 34.0 Å². The molecule has 4 nitrogen and oxygen atoms in total. The number of hydrogen-bond donors (Lipinski definition) is 0. The Balaban J connectivity index is 1.90. The molecule has 7 heteroatoms. The highest BCUT2D eigenvalue weighted by molar-refractivity contribution is 9.10. The molecule has 0 N–H and O–H groups in total. The lowest BCUT2D eigenvalue weighted by molar-refractivity contribution is 0.0594. The first-order valence-corrected chi connectivity index (χ1v) is 13.4. The summed E-state index contributed by atoms with van der Waals surface area (Å²) in [6, 6.07) is 23.1. The van der Waals surface area contributed by atoms with Crippen LogP contribution in [0.25, 0.3) is 0 Å². The van der Waals surface area contributed by atoms with Crippen molar-refractivity contribution in [3.8, 4) is 5.75 Å². The molecule has 3 rings (SSSR count). The Hall–Kier alpha value is -2.48. The third-order valence-corrected chi connectivity index (χ3v) is 11.2. The highest BCUT2D eigenvalue weighted by atomic mass is 79.9. The summed E-state index contributed by atoms with van der Waals surface area (Å²) in [5, 5.41) is 2.15. The molecule has 0 aliphatic rings. The monoisotopic (exact) mass is 530 g/mol. The predicted molar refractivity (Wildman–Crippen MR) is 135 cm³/mol. The molecular formula is C26H28BrFO4Si. The fourth-order valence-electron chi connectivity index (χ4n) is 4.03. The molecule has 0 radical (unpaired) electrons. The summed E-state index contributed by atoms with van der Waals surface area (Å²) >= 11 is 3.10. The molecule has 0 aliphatic heterocycles. The van der Waals surface area contributed by atoms with Gasteiger partial charge < -0.3 is 13.9 Å². The quantitative estimate of drug-likeness (QED) is 0.224. The number of carbonyl (C=O) groups excluding carboxylic acids is 1. The van der Waals surface area contributed by atoms with Crippen LogP contribution < -0.4 is 15.1 Å². The molecule has 0 bridgehead atoms. The summed E-state index contributed by atoms with van der Waals surface area (Å²) in [6.45, 7) is 7.00. The molecule has 0 unspecified atom stereocenters. The number of methoxy groups -OCH3 is 1. The summed E-state index contributed by atoms with van der Waals surface area (Å²) in [5.74, 6) is -1.00. The van der Waals surface area contributed by atoms with Gasteiger partial charge in [0.15, 0.2) is 0 Å². The zero-order chi connectivity index (χ0) is 24.1. The number of hydrogen-bond acceptors (Lipinski definition) is 4. The Morgan fingerprint density at radius 2 is 1.48 bits per heavy atom. The number of ether oxygens (including phenoxy) is 2. The second kappa shape index (κ2) is 10.6. The summed E-state index contributed by atoms with van der Waals surface area (Å²) < 4.78 is 31.7. The van der Waals surface area contributed by atoms with Gasteiger partial charge in [0.25, 0.3) is 8.32 Å². The van der Waals surface area contributed by atoms with E-state index >= 15 is 0 Å². The number of halogens is 2. The third kappa shape index (κ3) is 5.37. The first-order valence-electron chi connectivity index (χ1n) is 10.7. The lowest BCUT2D eigenvalue weighted by Crippen LogP contribution is -2.66. The number of benzene rings is 3. The molecule has 0 atom stereocenters. The van der Waals surface area contributed by atoms with Crippen molar-refractivity contribution in [2.24, 2.45) is 0 Å². The van der Waals surface area contributed by atoms with Gasteiger partial charge in [-0.05, 0) is 37.4 Å². The molecule has 174 valence electrons. The van der Waals surface area contributed by atoms with Crippen LogP contribution in [0.4, 0.5) is 4.39 Å². The van der Waals surface area contributed by atoms with E-state index in [2.05, 4.69) is 61.0 Å². The van der Waals surface area contributed by atoms with Crippen LogP contribution in [-0.2, 0) is 9.16 Å². The molecule has 0 amide bonds. The number of carbonyl (C=O) groups is 1. The minimum atomic E-state index is -2.70. The van der Waals surface area contributed by atoms with E-state index in [4.69, 9.17) is 13.9 Å². The first kappa shape index (κ1) is 25.1. The van der Waals surface area contributed by atoms with Gasteiger partial charge >= 0.3 is 5.97 Å². The van der Waals surface area contributed by atoms with Gasteiger partial charge in [0, 0.05) is 6.07 Å². The molecule has 0 fully saturated rings. The first-order chi connectivity index (χ1) is 15.7. The van der Waals surface area contributed by atoms with Crippen LogP contribution in [0, 0.1) is 5.82 Å². The van der Waals surface area contributed by atoms with Gasteiger partial charge in [0.05, 0.1) is 18.2 Å². The van der Waals surface area contributed by atoms with E-state index < -0.39 is 20.1 Å². The van der Waals surface area contributed by atoms with Gasteiger partial charge in [-0.2, -0.15) is 0 Å². The SMILES string of the molecule is COC(=O)c1cc(Br)c(F)cc1OCCO[Si](c1ccccc1)(c1ccccc1)C(C)(C)C. The Kier molecular flexibility index (Phi) is 8.10. The van der Waals surface area contributed by atoms with E-state index in [0.29, 0.717) is 0 Å². The molecule has 0 spiro atoms. The number of rotatable bonds is 8. The Bertz CT molecular complexity index is 1050. The lowest BCUT2D eigenvalue weighted by Gasteiger charge is -2.43. The fraction of sp³-hybridized carbons (Fsp3) is 0.269. The fourth-order valence-corrected chi connectivity index (χ4v) is 8.91. The van der Waals surface area contributed by atoms with Crippen molar-refractivity contribution < 1.29 is 23.1 Å². The molecular weight excluding hydrogens is 503 g/mol. The van der Waals surface area contributed by atoms with Crippen LogP contribution >= 0.6 is 15.9 Å². The molecule has 3 aromatic carbocycles. The summed E-state index contributed by atoms with van der Waals surface area (Å²) in [7, 11) is -1.43. The molecule has 0 heterocycles. The van der Waals surface area contributed by atoms with Gasteiger partial charge in [0.2, 0.25) is 0 Å². The van der Waals surface area contributed by atoms with Gasteiger partial charge in [0.1, 0.15) is 23.7 Å². The maximum atomic E-state index is 14.1. The minimum absolute atomic E-state index is 0.119. The smallest absolute Gasteiger partial charge is 0.341 e. The average Bonchev–Trinajstić information content (AvgIpc) is 2.81. The Morgan fingerprint density at radius 1 is 0.939 bits per heavy atom. The second-order valence-corrected chi connectivity index (χ2v) is 13.8. The molecule has 33 heavy (non-hydrogen) atoms. The van der Waals surface area contributed by atoms with Gasteiger partial charge in [-0.3, -0.25) is 0 Å². The van der Waals surface area contributed by atoms with E-state index in [1.54, 1.807) is 0 Å². The van der Waals surface area contributed by atoms with Gasteiger partial charge in [-0.15, -0.1) is 0 Å². The molecule has 0 saturated carbocycles.